The fourth-order valence-corrected chi connectivity index (χ4v) is 0.792. The Bertz CT molecular complexity index is 98.0. The van der Waals surface area contributed by atoms with E-state index in [1.165, 1.54) is 0 Å². The highest BCUT2D eigenvalue weighted by molar-refractivity contribution is 5.38. The van der Waals surface area contributed by atoms with Gasteiger partial charge in [-0.3, -0.25) is 4.79 Å². The predicted octanol–water partition coefficient (Wildman–Crippen LogP) is 3.15. The molecule has 0 bridgehead atoms. The van der Waals surface area contributed by atoms with Crippen LogP contribution in [0.1, 0.15) is 53.9 Å². The second kappa shape index (κ2) is 8.57. The summed E-state index contributed by atoms with van der Waals surface area (Å²) in [6.07, 6.45) is 3.20. The first-order valence-electron chi connectivity index (χ1n) is 4.74. The molecule has 12 heavy (non-hydrogen) atoms. The van der Waals surface area contributed by atoms with Crippen LogP contribution in [0.5, 0.6) is 0 Å². The van der Waals surface area contributed by atoms with Crippen LogP contribution in [0.15, 0.2) is 0 Å². The van der Waals surface area contributed by atoms with E-state index in [2.05, 4.69) is 6.92 Å². The van der Waals surface area contributed by atoms with Gasteiger partial charge in [-0.15, -0.1) is 0 Å². The fraction of sp³-hybridized carbons (Fsp3) is 0.900. The summed E-state index contributed by atoms with van der Waals surface area (Å²) in [5.74, 6) is 0. The van der Waals surface area contributed by atoms with Gasteiger partial charge in [-0.2, -0.15) is 0 Å². The summed E-state index contributed by atoms with van der Waals surface area (Å²) in [6, 6.07) is 0. The minimum absolute atomic E-state index is 0.266. The van der Waals surface area contributed by atoms with Crippen molar-refractivity contribution < 1.29 is 9.53 Å². The minimum Gasteiger partial charge on any atom is -0.462 e. The van der Waals surface area contributed by atoms with Crippen LogP contribution in [0.25, 0.3) is 0 Å². The van der Waals surface area contributed by atoms with Gasteiger partial charge in [0, 0.05) is 0 Å². The van der Waals surface area contributed by atoms with Crippen LogP contribution in [0.2, 0.25) is 0 Å². The summed E-state index contributed by atoms with van der Waals surface area (Å²) in [5.41, 5.74) is -0.266. The molecule has 0 aromatic rings. The summed E-state index contributed by atoms with van der Waals surface area (Å²) in [4.78, 5) is 9.96. The van der Waals surface area contributed by atoms with Crippen molar-refractivity contribution in [3.05, 3.63) is 0 Å². The molecule has 0 N–H and O–H groups in total. The Morgan fingerprint density at radius 3 is 2.17 bits per heavy atom. The van der Waals surface area contributed by atoms with Gasteiger partial charge in [0.05, 0.1) is 0 Å². The zero-order valence-corrected chi connectivity index (χ0v) is 9.02. The second-order valence-corrected chi connectivity index (χ2v) is 3.08. The average molecular weight is 174 g/mol. The number of hydrogen-bond acceptors (Lipinski definition) is 2. The molecule has 0 radical (unpaired) electrons. The molecular weight excluding hydrogens is 152 g/mol. The van der Waals surface area contributed by atoms with Crippen LogP contribution < -0.4 is 0 Å². The normalized spacial score (nSPS) is 9.75. The first kappa shape index (κ1) is 14.0. The number of unbranched alkanes of at least 4 members (excludes halogenated alkanes) is 1. The lowest BCUT2D eigenvalue weighted by Gasteiger charge is -2.21. The van der Waals surface area contributed by atoms with Crippen molar-refractivity contribution in [1.29, 1.82) is 0 Å². The molecule has 74 valence electrons. The van der Waals surface area contributed by atoms with Crippen LogP contribution in [0.4, 0.5) is 0 Å². The summed E-state index contributed by atoms with van der Waals surface area (Å²) in [6.45, 7) is 10.5. The smallest absolute Gasteiger partial charge is 0.293 e. The number of carbonyl (C=O) groups is 1. The van der Waals surface area contributed by atoms with Crippen LogP contribution in [-0.4, -0.2) is 12.1 Å². The maximum Gasteiger partial charge on any atom is 0.293 e. The van der Waals surface area contributed by atoms with E-state index in [0.29, 0.717) is 6.47 Å². The standard InChI is InChI=1S/C8H16O2.C2H6/c1-4-5-6-8(2,3)10-7-9;1-2/h7H,4-6H2,1-3H3;1-2H3. The highest BCUT2D eigenvalue weighted by atomic mass is 16.5. The van der Waals surface area contributed by atoms with E-state index >= 15 is 0 Å². The Hall–Kier alpha value is -0.530. The third-order valence-corrected chi connectivity index (χ3v) is 1.50. The van der Waals surface area contributed by atoms with Crippen molar-refractivity contribution >= 4 is 6.47 Å². The molecule has 0 rings (SSSR count). The molecule has 2 nitrogen and oxygen atoms in total. The molecule has 0 atom stereocenters. The maximum atomic E-state index is 9.96. The van der Waals surface area contributed by atoms with Gasteiger partial charge < -0.3 is 4.74 Å². The molecule has 0 amide bonds. The Kier molecular flexibility index (Phi) is 10.0. The van der Waals surface area contributed by atoms with Crippen molar-refractivity contribution in [3.63, 3.8) is 0 Å². The summed E-state index contributed by atoms with van der Waals surface area (Å²) in [7, 11) is 0. The molecule has 0 aromatic heterocycles. The lowest BCUT2D eigenvalue weighted by molar-refractivity contribution is -0.140. The molecule has 0 aromatic carbocycles. The lowest BCUT2D eigenvalue weighted by atomic mass is 10.0. The average Bonchev–Trinajstić information content (AvgIpc) is 2.05. The van der Waals surface area contributed by atoms with Gasteiger partial charge in [-0.05, 0) is 26.7 Å². The highest BCUT2D eigenvalue weighted by Gasteiger charge is 2.16. The molecule has 0 aliphatic carbocycles. The maximum absolute atomic E-state index is 9.96. The first-order chi connectivity index (χ1) is 5.62. The van der Waals surface area contributed by atoms with Crippen molar-refractivity contribution in [2.45, 2.75) is 59.5 Å². The van der Waals surface area contributed by atoms with Crippen molar-refractivity contribution in [2.75, 3.05) is 0 Å². The summed E-state index contributed by atoms with van der Waals surface area (Å²) < 4.78 is 4.85. The van der Waals surface area contributed by atoms with Crippen LogP contribution in [0.3, 0.4) is 0 Å². The summed E-state index contributed by atoms with van der Waals surface area (Å²) in [5, 5.41) is 0. The molecule has 0 heterocycles. The SMILES string of the molecule is CC.CCCCC(C)(C)OC=O. The Morgan fingerprint density at radius 2 is 1.83 bits per heavy atom. The number of carbonyl (C=O) groups excluding carboxylic acids is 1. The van der Waals surface area contributed by atoms with Gasteiger partial charge in [0.1, 0.15) is 5.60 Å². The molecule has 0 aliphatic heterocycles. The van der Waals surface area contributed by atoms with E-state index < -0.39 is 0 Å². The van der Waals surface area contributed by atoms with Gasteiger partial charge in [0.15, 0.2) is 0 Å². The third kappa shape index (κ3) is 9.47. The zero-order chi connectivity index (χ0) is 10.0. The Labute approximate surface area is 76.3 Å². The first-order valence-corrected chi connectivity index (χ1v) is 4.74. The van der Waals surface area contributed by atoms with Gasteiger partial charge in [0.25, 0.3) is 6.47 Å². The van der Waals surface area contributed by atoms with Crippen LogP contribution in [0, 0.1) is 0 Å². The quantitative estimate of drug-likeness (QED) is 0.598. The van der Waals surface area contributed by atoms with Crippen LogP contribution in [-0.2, 0) is 9.53 Å². The van der Waals surface area contributed by atoms with Crippen molar-refractivity contribution in [3.8, 4) is 0 Å². The van der Waals surface area contributed by atoms with Crippen molar-refractivity contribution in [1.82, 2.24) is 0 Å². The highest BCUT2D eigenvalue weighted by Crippen LogP contribution is 2.16. The largest absolute Gasteiger partial charge is 0.462 e. The molecule has 0 saturated carbocycles. The number of rotatable bonds is 5. The van der Waals surface area contributed by atoms with Gasteiger partial charge in [-0.1, -0.05) is 27.2 Å². The van der Waals surface area contributed by atoms with E-state index in [4.69, 9.17) is 4.74 Å². The lowest BCUT2D eigenvalue weighted by Crippen LogP contribution is -2.23. The van der Waals surface area contributed by atoms with E-state index in [1.807, 2.05) is 27.7 Å². The number of hydrogen-bond donors (Lipinski definition) is 0. The van der Waals surface area contributed by atoms with E-state index in [1.54, 1.807) is 0 Å². The van der Waals surface area contributed by atoms with Gasteiger partial charge >= 0.3 is 0 Å². The van der Waals surface area contributed by atoms with Gasteiger partial charge in [-0.25, -0.2) is 0 Å². The van der Waals surface area contributed by atoms with Gasteiger partial charge in [0.2, 0.25) is 0 Å². The molecule has 2 heteroatoms. The zero-order valence-electron chi connectivity index (χ0n) is 9.02. The fourth-order valence-electron chi connectivity index (χ4n) is 0.792. The number of ether oxygens (including phenoxy) is 1. The summed E-state index contributed by atoms with van der Waals surface area (Å²) >= 11 is 0. The Morgan fingerprint density at radius 1 is 1.33 bits per heavy atom. The topological polar surface area (TPSA) is 26.3 Å². The predicted molar refractivity (Wildman–Crippen MR) is 52.1 cm³/mol. The molecule has 0 unspecified atom stereocenters. The minimum atomic E-state index is -0.266. The molecule has 0 saturated heterocycles. The third-order valence-electron chi connectivity index (χ3n) is 1.50. The molecule has 0 aliphatic rings. The van der Waals surface area contributed by atoms with E-state index in [0.717, 1.165) is 19.3 Å². The molecular formula is C10H22O2. The monoisotopic (exact) mass is 174 g/mol. The van der Waals surface area contributed by atoms with E-state index in [9.17, 15) is 4.79 Å². The second-order valence-electron chi connectivity index (χ2n) is 3.08. The molecule has 0 fully saturated rings. The Balaban J connectivity index is 0. The molecule has 0 spiro atoms. The van der Waals surface area contributed by atoms with Crippen molar-refractivity contribution in [2.24, 2.45) is 0 Å². The van der Waals surface area contributed by atoms with Crippen LogP contribution >= 0.6 is 0 Å². The van der Waals surface area contributed by atoms with E-state index in [-0.39, 0.29) is 5.60 Å².